The molecule has 2 unspecified atom stereocenters. The maximum Gasteiger partial charge on any atom is 0.0419 e. The maximum atomic E-state index is 4.41. The number of rotatable bonds is 4. The molecule has 0 aromatic carbocycles. The second-order valence-electron chi connectivity index (χ2n) is 4.33. The van der Waals surface area contributed by atoms with Crippen LogP contribution in [-0.2, 0) is 6.42 Å². The highest BCUT2D eigenvalue weighted by Gasteiger charge is 2.23. The minimum absolute atomic E-state index is 0.570. The number of aromatic nitrogens is 1. The number of likely N-dealkylation sites (N-methyl/N-ethyl adjacent to an activating group) is 1. The number of thioether (sulfide) groups is 1. The Bertz CT molecular complexity index is 296. The monoisotopic (exact) mass is 236 g/mol. The molecule has 0 bridgehead atoms. The SMILES string of the molecule is CNC(Cc1ccccn1)C1CCCCS1. The van der Waals surface area contributed by atoms with Crippen LogP contribution in [0.15, 0.2) is 24.4 Å². The summed E-state index contributed by atoms with van der Waals surface area (Å²) >= 11 is 2.12. The fraction of sp³-hybridized carbons (Fsp3) is 0.615. The van der Waals surface area contributed by atoms with Crippen molar-refractivity contribution in [3.05, 3.63) is 30.1 Å². The summed E-state index contributed by atoms with van der Waals surface area (Å²) in [5, 5.41) is 4.22. The first-order chi connectivity index (χ1) is 7.90. The van der Waals surface area contributed by atoms with Crippen LogP contribution in [0.5, 0.6) is 0 Å². The zero-order valence-electron chi connectivity index (χ0n) is 9.86. The van der Waals surface area contributed by atoms with Crippen LogP contribution in [0.1, 0.15) is 25.0 Å². The molecule has 1 saturated heterocycles. The third-order valence-electron chi connectivity index (χ3n) is 3.19. The van der Waals surface area contributed by atoms with Crippen LogP contribution in [0.2, 0.25) is 0 Å². The second kappa shape index (κ2) is 6.26. The van der Waals surface area contributed by atoms with Crippen LogP contribution in [0.25, 0.3) is 0 Å². The van der Waals surface area contributed by atoms with Gasteiger partial charge in [-0.2, -0.15) is 11.8 Å². The molecular formula is C13H20N2S. The van der Waals surface area contributed by atoms with E-state index in [1.165, 1.54) is 30.7 Å². The van der Waals surface area contributed by atoms with Gasteiger partial charge in [-0.05, 0) is 37.8 Å². The Kier molecular flexibility index (Phi) is 4.67. The summed E-state index contributed by atoms with van der Waals surface area (Å²) in [6.45, 7) is 0. The average molecular weight is 236 g/mol. The first-order valence-electron chi connectivity index (χ1n) is 6.09. The van der Waals surface area contributed by atoms with Gasteiger partial charge in [0.2, 0.25) is 0 Å². The predicted octanol–water partition coefficient (Wildman–Crippen LogP) is 2.50. The maximum absolute atomic E-state index is 4.41. The lowest BCUT2D eigenvalue weighted by Crippen LogP contribution is -2.39. The third-order valence-corrected chi connectivity index (χ3v) is 4.71. The van der Waals surface area contributed by atoms with Gasteiger partial charge in [0.25, 0.3) is 0 Å². The first-order valence-corrected chi connectivity index (χ1v) is 7.14. The highest BCUT2D eigenvalue weighted by atomic mass is 32.2. The molecule has 2 nitrogen and oxygen atoms in total. The van der Waals surface area contributed by atoms with Crippen LogP contribution in [0, 0.1) is 0 Å². The van der Waals surface area contributed by atoms with Crippen LogP contribution in [-0.4, -0.2) is 29.1 Å². The molecule has 1 fully saturated rings. The van der Waals surface area contributed by atoms with E-state index in [1.807, 2.05) is 12.3 Å². The van der Waals surface area contributed by atoms with Gasteiger partial charge >= 0.3 is 0 Å². The Hall–Kier alpha value is -0.540. The summed E-state index contributed by atoms with van der Waals surface area (Å²) in [6, 6.07) is 6.74. The number of pyridine rings is 1. The number of hydrogen-bond acceptors (Lipinski definition) is 3. The molecule has 1 aromatic heterocycles. The van der Waals surface area contributed by atoms with E-state index in [4.69, 9.17) is 0 Å². The zero-order chi connectivity index (χ0) is 11.2. The summed E-state index contributed by atoms with van der Waals surface area (Å²) < 4.78 is 0. The summed E-state index contributed by atoms with van der Waals surface area (Å²) in [5.41, 5.74) is 1.20. The third kappa shape index (κ3) is 3.22. The minimum Gasteiger partial charge on any atom is -0.316 e. The van der Waals surface area contributed by atoms with Crippen molar-refractivity contribution in [3.8, 4) is 0 Å². The molecule has 0 saturated carbocycles. The minimum atomic E-state index is 0.570. The molecule has 88 valence electrons. The normalized spacial score (nSPS) is 22.9. The Morgan fingerprint density at radius 2 is 2.44 bits per heavy atom. The second-order valence-corrected chi connectivity index (χ2v) is 5.67. The van der Waals surface area contributed by atoms with E-state index >= 15 is 0 Å². The Balaban J connectivity index is 1.94. The summed E-state index contributed by atoms with van der Waals surface area (Å²) in [7, 11) is 2.07. The summed E-state index contributed by atoms with van der Waals surface area (Å²) in [6.07, 6.45) is 7.06. The lowest BCUT2D eigenvalue weighted by atomic mass is 10.0. The molecule has 0 aliphatic carbocycles. The molecule has 1 aliphatic rings. The highest BCUT2D eigenvalue weighted by Crippen LogP contribution is 2.28. The lowest BCUT2D eigenvalue weighted by Gasteiger charge is -2.29. The summed E-state index contributed by atoms with van der Waals surface area (Å²) in [4.78, 5) is 4.41. The van der Waals surface area contributed by atoms with Crippen LogP contribution < -0.4 is 5.32 Å². The van der Waals surface area contributed by atoms with E-state index in [2.05, 4.69) is 41.2 Å². The van der Waals surface area contributed by atoms with E-state index in [9.17, 15) is 0 Å². The standard InChI is InChI=1S/C13H20N2S/c1-14-12(13-7-3-5-9-16-13)10-11-6-2-4-8-15-11/h2,4,6,8,12-14H,3,5,7,9-10H2,1H3. The molecule has 0 spiro atoms. The fourth-order valence-corrected chi connectivity index (χ4v) is 3.72. The molecule has 3 heteroatoms. The molecule has 2 rings (SSSR count). The topological polar surface area (TPSA) is 24.9 Å². The zero-order valence-corrected chi connectivity index (χ0v) is 10.7. The van der Waals surface area contributed by atoms with E-state index in [-0.39, 0.29) is 0 Å². The Labute approximate surface area is 102 Å². The van der Waals surface area contributed by atoms with Gasteiger partial charge in [-0.1, -0.05) is 12.5 Å². The van der Waals surface area contributed by atoms with E-state index in [1.54, 1.807) is 0 Å². The molecule has 0 radical (unpaired) electrons. The lowest BCUT2D eigenvalue weighted by molar-refractivity contribution is 0.491. The average Bonchev–Trinajstić information content (AvgIpc) is 2.38. The Morgan fingerprint density at radius 3 is 3.06 bits per heavy atom. The van der Waals surface area contributed by atoms with E-state index in [0.29, 0.717) is 6.04 Å². The van der Waals surface area contributed by atoms with Gasteiger partial charge in [0.05, 0.1) is 0 Å². The van der Waals surface area contributed by atoms with E-state index < -0.39 is 0 Å². The molecule has 2 atom stereocenters. The molecule has 1 aliphatic heterocycles. The molecule has 2 heterocycles. The van der Waals surface area contributed by atoms with Crippen molar-refractivity contribution in [3.63, 3.8) is 0 Å². The van der Waals surface area contributed by atoms with Gasteiger partial charge in [0.15, 0.2) is 0 Å². The first kappa shape index (κ1) is 11.9. The van der Waals surface area contributed by atoms with Gasteiger partial charge in [-0.15, -0.1) is 0 Å². The van der Waals surface area contributed by atoms with Gasteiger partial charge in [0.1, 0.15) is 0 Å². The van der Waals surface area contributed by atoms with Crippen molar-refractivity contribution >= 4 is 11.8 Å². The molecule has 16 heavy (non-hydrogen) atoms. The molecule has 1 aromatic rings. The predicted molar refractivity (Wildman–Crippen MR) is 70.9 cm³/mol. The van der Waals surface area contributed by atoms with E-state index in [0.717, 1.165) is 11.7 Å². The van der Waals surface area contributed by atoms with Gasteiger partial charge in [-0.3, -0.25) is 4.98 Å². The van der Waals surface area contributed by atoms with Crippen molar-refractivity contribution in [1.82, 2.24) is 10.3 Å². The van der Waals surface area contributed by atoms with Gasteiger partial charge in [0, 0.05) is 29.6 Å². The number of nitrogens with zero attached hydrogens (tertiary/aromatic N) is 1. The van der Waals surface area contributed by atoms with Crippen LogP contribution in [0.4, 0.5) is 0 Å². The smallest absolute Gasteiger partial charge is 0.0419 e. The van der Waals surface area contributed by atoms with Crippen molar-refractivity contribution in [2.45, 2.75) is 37.0 Å². The van der Waals surface area contributed by atoms with Crippen molar-refractivity contribution in [1.29, 1.82) is 0 Å². The number of hydrogen-bond donors (Lipinski definition) is 1. The van der Waals surface area contributed by atoms with Gasteiger partial charge in [-0.25, -0.2) is 0 Å². The molecular weight excluding hydrogens is 216 g/mol. The van der Waals surface area contributed by atoms with Crippen molar-refractivity contribution in [2.75, 3.05) is 12.8 Å². The van der Waals surface area contributed by atoms with Crippen molar-refractivity contribution < 1.29 is 0 Å². The number of nitrogens with one attached hydrogen (secondary N) is 1. The van der Waals surface area contributed by atoms with Crippen LogP contribution >= 0.6 is 11.8 Å². The van der Waals surface area contributed by atoms with Crippen LogP contribution in [0.3, 0.4) is 0 Å². The molecule has 1 N–H and O–H groups in total. The fourth-order valence-electron chi connectivity index (χ4n) is 2.25. The summed E-state index contributed by atoms with van der Waals surface area (Å²) in [5.74, 6) is 1.32. The Morgan fingerprint density at radius 1 is 1.50 bits per heavy atom. The van der Waals surface area contributed by atoms with Crippen molar-refractivity contribution in [2.24, 2.45) is 0 Å². The highest BCUT2D eigenvalue weighted by molar-refractivity contribution is 8.00. The molecule has 0 amide bonds. The largest absolute Gasteiger partial charge is 0.316 e. The quantitative estimate of drug-likeness (QED) is 0.869. The van der Waals surface area contributed by atoms with Gasteiger partial charge < -0.3 is 5.32 Å².